The predicted octanol–water partition coefficient (Wildman–Crippen LogP) is 3.02. The quantitative estimate of drug-likeness (QED) is 0.832. The zero-order valence-corrected chi connectivity index (χ0v) is 9.27. The Labute approximate surface area is 86.9 Å². The maximum absolute atomic E-state index is 13.1. The molecule has 0 saturated heterocycles. The molecule has 1 aromatic carbocycles. The van der Waals surface area contributed by atoms with E-state index in [1.54, 1.807) is 12.1 Å². The van der Waals surface area contributed by atoms with Gasteiger partial charge >= 0.3 is 0 Å². The summed E-state index contributed by atoms with van der Waals surface area (Å²) in [5.41, 5.74) is 0.315. The van der Waals surface area contributed by atoms with Crippen LogP contribution in [0.2, 0.25) is 0 Å². The lowest BCUT2D eigenvalue weighted by Crippen LogP contribution is -2.01. The molecule has 0 saturated carbocycles. The van der Waals surface area contributed by atoms with Crippen molar-refractivity contribution in [3.05, 3.63) is 34.1 Å². The van der Waals surface area contributed by atoms with Gasteiger partial charge in [-0.1, -0.05) is 37.9 Å². The Morgan fingerprint density at radius 1 is 1.50 bits per heavy atom. The van der Waals surface area contributed by atoms with Crippen molar-refractivity contribution < 1.29 is 9.50 Å². The lowest BCUT2D eigenvalue weighted by Gasteiger charge is -2.07. The van der Waals surface area contributed by atoms with Crippen molar-refractivity contribution in [2.45, 2.75) is 6.10 Å². The molecule has 0 heterocycles. The molecule has 4 heteroatoms. The van der Waals surface area contributed by atoms with Gasteiger partial charge in [-0.05, 0) is 12.1 Å². The van der Waals surface area contributed by atoms with Crippen LogP contribution in [-0.4, -0.2) is 10.4 Å². The molecule has 12 heavy (non-hydrogen) atoms. The molecule has 1 atom stereocenters. The smallest absolute Gasteiger partial charge is 0.130 e. The summed E-state index contributed by atoms with van der Waals surface area (Å²) >= 11 is 6.21. The largest absolute Gasteiger partial charge is 0.387 e. The highest BCUT2D eigenvalue weighted by atomic mass is 79.9. The summed E-state index contributed by atoms with van der Waals surface area (Å²) in [6.45, 7) is 0. The van der Waals surface area contributed by atoms with E-state index in [0.717, 1.165) is 0 Å². The number of hydrogen-bond acceptors (Lipinski definition) is 1. The molecular formula is C8H7Br2FO. The molecule has 66 valence electrons. The van der Waals surface area contributed by atoms with E-state index in [0.29, 0.717) is 15.4 Å². The number of hydrogen-bond donors (Lipinski definition) is 1. The van der Waals surface area contributed by atoms with Crippen LogP contribution in [0.1, 0.15) is 11.7 Å². The summed E-state index contributed by atoms with van der Waals surface area (Å²) in [5, 5.41) is 9.64. The maximum atomic E-state index is 13.1. The molecule has 0 aliphatic carbocycles. The second kappa shape index (κ2) is 4.35. The Kier molecular flexibility index (Phi) is 3.68. The van der Waals surface area contributed by atoms with Crippen LogP contribution < -0.4 is 0 Å². The fourth-order valence-corrected chi connectivity index (χ4v) is 1.54. The predicted molar refractivity (Wildman–Crippen MR) is 52.9 cm³/mol. The minimum Gasteiger partial charge on any atom is -0.387 e. The lowest BCUT2D eigenvalue weighted by atomic mass is 10.1. The Morgan fingerprint density at radius 3 is 2.67 bits per heavy atom. The molecule has 0 fully saturated rings. The molecule has 1 N–H and O–H groups in total. The highest BCUT2D eigenvalue weighted by Gasteiger charge is 2.10. The number of alkyl halides is 1. The fourth-order valence-electron chi connectivity index (χ4n) is 0.855. The molecule has 0 amide bonds. The Bertz CT molecular complexity index is 278. The first-order valence-electron chi connectivity index (χ1n) is 3.34. The van der Waals surface area contributed by atoms with Gasteiger partial charge in [0.1, 0.15) is 5.82 Å². The summed E-state index contributed by atoms with van der Waals surface area (Å²) in [7, 11) is 0. The van der Waals surface area contributed by atoms with Crippen LogP contribution in [0.5, 0.6) is 0 Å². The minimum atomic E-state index is -0.780. The van der Waals surface area contributed by atoms with Crippen molar-refractivity contribution in [1.29, 1.82) is 0 Å². The second-order valence-electron chi connectivity index (χ2n) is 2.34. The van der Waals surface area contributed by atoms with Gasteiger partial charge in [0, 0.05) is 15.4 Å². The monoisotopic (exact) mass is 296 g/mol. The van der Waals surface area contributed by atoms with Gasteiger partial charge in [-0.3, -0.25) is 0 Å². The molecule has 1 nitrogen and oxygen atoms in total. The molecule has 0 spiro atoms. The molecular weight excluding hydrogens is 291 g/mol. The highest BCUT2D eigenvalue weighted by molar-refractivity contribution is 9.10. The number of benzene rings is 1. The molecule has 1 aromatic rings. The SMILES string of the molecule is O[C@@H](CBr)c1ccc(Br)cc1F. The number of aliphatic hydroxyl groups is 1. The van der Waals surface area contributed by atoms with Crippen LogP contribution in [-0.2, 0) is 0 Å². The van der Waals surface area contributed by atoms with Gasteiger partial charge in [0.15, 0.2) is 0 Å². The third-order valence-corrected chi connectivity index (χ3v) is 2.57. The molecule has 0 aliphatic heterocycles. The van der Waals surface area contributed by atoms with Crippen LogP contribution >= 0.6 is 31.9 Å². The Balaban J connectivity index is 3.01. The lowest BCUT2D eigenvalue weighted by molar-refractivity contribution is 0.200. The zero-order valence-electron chi connectivity index (χ0n) is 6.10. The van der Waals surface area contributed by atoms with Crippen LogP contribution in [0.15, 0.2) is 22.7 Å². The zero-order chi connectivity index (χ0) is 9.14. The normalized spacial score (nSPS) is 13.0. The Hall–Kier alpha value is 0.0700. The molecule has 0 aliphatic rings. The minimum absolute atomic E-state index is 0.315. The van der Waals surface area contributed by atoms with Gasteiger partial charge in [0.2, 0.25) is 0 Å². The first-order chi connectivity index (χ1) is 5.65. The van der Waals surface area contributed by atoms with E-state index in [1.807, 2.05) is 0 Å². The van der Waals surface area contributed by atoms with Gasteiger partial charge < -0.3 is 5.11 Å². The Morgan fingerprint density at radius 2 is 2.17 bits per heavy atom. The number of halogens is 3. The standard InChI is InChI=1S/C8H7Br2FO/c9-4-8(12)6-2-1-5(10)3-7(6)11/h1-3,8,12H,4H2/t8-/m0/s1. The highest BCUT2D eigenvalue weighted by Crippen LogP contribution is 2.21. The topological polar surface area (TPSA) is 20.2 Å². The van der Waals surface area contributed by atoms with Crippen molar-refractivity contribution in [1.82, 2.24) is 0 Å². The van der Waals surface area contributed by atoms with E-state index < -0.39 is 11.9 Å². The number of rotatable bonds is 2. The van der Waals surface area contributed by atoms with E-state index in [4.69, 9.17) is 0 Å². The van der Waals surface area contributed by atoms with E-state index in [-0.39, 0.29) is 0 Å². The first kappa shape index (κ1) is 10.2. The van der Waals surface area contributed by atoms with Crippen molar-refractivity contribution in [3.63, 3.8) is 0 Å². The van der Waals surface area contributed by atoms with E-state index >= 15 is 0 Å². The molecule has 1 rings (SSSR count). The summed E-state index contributed by atoms with van der Waals surface area (Å²) in [6, 6.07) is 4.59. The van der Waals surface area contributed by atoms with Gasteiger partial charge in [0.25, 0.3) is 0 Å². The average Bonchev–Trinajstić information content (AvgIpc) is 2.03. The third-order valence-electron chi connectivity index (χ3n) is 1.47. The van der Waals surface area contributed by atoms with Gasteiger partial charge in [0.05, 0.1) is 6.10 Å². The van der Waals surface area contributed by atoms with Crippen LogP contribution in [0.3, 0.4) is 0 Å². The van der Waals surface area contributed by atoms with Crippen LogP contribution in [0.4, 0.5) is 4.39 Å². The van der Waals surface area contributed by atoms with Gasteiger partial charge in [-0.2, -0.15) is 0 Å². The van der Waals surface area contributed by atoms with Gasteiger partial charge in [-0.25, -0.2) is 4.39 Å². The van der Waals surface area contributed by atoms with Crippen molar-refractivity contribution in [2.75, 3.05) is 5.33 Å². The van der Waals surface area contributed by atoms with E-state index in [2.05, 4.69) is 31.9 Å². The first-order valence-corrected chi connectivity index (χ1v) is 5.25. The van der Waals surface area contributed by atoms with E-state index in [1.165, 1.54) is 6.07 Å². The van der Waals surface area contributed by atoms with Crippen molar-refractivity contribution >= 4 is 31.9 Å². The van der Waals surface area contributed by atoms with Crippen LogP contribution in [0, 0.1) is 5.82 Å². The maximum Gasteiger partial charge on any atom is 0.130 e. The summed E-state index contributed by atoms with van der Waals surface area (Å²) < 4.78 is 13.7. The van der Waals surface area contributed by atoms with Crippen molar-refractivity contribution in [3.8, 4) is 0 Å². The fraction of sp³-hybridized carbons (Fsp3) is 0.250. The summed E-state index contributed by atoms with van der Waals surface area (Å²) in [6.07, 6.45) is -0.780. The average molecular weight is 298 g/mol. The van der Waals surface area contributed by atoms with Gasteiger partial charge in [-0.15, -0.1) is 0 Å². The third kappa shape index (κ3) is 2.28. The summed E-state index contributed by atoms with van der Waals surface area (Å²) in [4.78, 5) is 0. The van der Waals surface area contributed by atoms with Crippen LogP contribution in [0.25, 0.3) is 0 Å². The molecule has 0 aromatic heterocycles. The molecule has 0 radical (unpaired) electrons. The van der Waals surface area contributed by atoms with E-state index in [9.17, 15) is 9.50 Å². The number of aliphatic hydroxyl groups excluding tert-OH is 1. The second-order valence-corrected chi connectivity index (χ2v) is 3.90. The summed E-state index contributed by atoms with van der Waals surface area (Å²) in [5.74, 6) is -0.392. The molecule has 0 unspecified atom stereocenters. The van der Waals surface area contributed by atoms with Crippen molar-refractivity contribution in [2.24, 2.45) is 0 Å². The molecule has 0 bridgehead atoms.